The molecule has 0 aromatic heterocycles. The number of halogens is 1. The number of carbonyl (C=O) groups is 1. The van der Waals surface area contributed by atoms with Gasteiger partial charge in [-0.2, -0.15) is 0 Å². The van der Waals surface area contributed by atoms with Crippen molar-refractivity contribution in [1.82, 2.24) is 0 Å². The van der Waals surface area contributed by atoms with E-state index < -0.39 is 0 Å². The molecule has 0 aliphatic rings. The summed E-state index contributed by atoms with van der Waals surface area (Å²) in [5.41, 5.74) is 0. The van der Waals surface area contributed by atoms with Crippen LogP contribution >= 0.6 is 11.1 Å². The normalized spacial score (nSPS) is 10.8. The zero-order valence-electron chi connectivity index (χ0n) is 14.5. The van der Waals surface area contributed by atoms with Gasteiger partial charge in [0.25, 0.3) is 5.97 Å². The minimum absolute atomic E-state index is 0.150. The van der Waals surface area contributed by atoms with Crippen molar-refractivity contribution in [3.05, 3.63) is 0 Å². The van der Waals surface area contributed by atoms with E-state index >= 15 is 0 Å². The van der Waals surface area contributed by atoms with Gasteiger partial charge in [-0.05, 0) is 6.42 Å². The average Bonchev–Trinajstić information content (AvgIpc) is 2.51. The molecule has 0 amide bonds. The molecule has 0 aliphatic carbocycles. The van der Waals surface area contributed by atoms with Crippen LogP contribution in [0.5, 0.6) is 0 Å². The molecule has 2 nitrogen and oxygen atoms in total. The van der Waals surface area contributed by atoms with Gasteiger partial charge in [-0.3, -0.25) is 4.79 Å². The Morgan fingerprint density at radius 2 is 1.09 bits per heavy atom. The van der Waals surface area contributed by atoms with Crippen LogP contribution in [-0.2, 0) is 9.22 Å². The van der Waals surface area contributed by atoms with Gasteiger partial charge in [-0.15, -0.1) is 11.1 Å². The van der Waals surface area contributed by atoms with Gasteiger partial charge in [0.05, 0.1) is 0 Å². The highest BCUT2D eigenvalue weighted by atomic mass is 35.6. The molecule has 0 spiro atoms. The van der Waals surface area contributed by atoms with Crippen LogP contribution < -0.4 is 0 Å². The van der Waals surface area contributed by atoms with Crippen molar-refractivity contribution in [1.29, 1.82) is 0 Å². The smallest absolute Gasteiger partial charge is 0.442 e. The van der Waals surface area contributed by atoms with Crippen molar-refractivity contribution in [2.75, 3.05) is 0 Å². The van der Waals surface area contributed by atoms with Gasteiger partial charge in [0, 0.05) is 6.42 Å². The van der Waals surface area contributed by atoms with E-state index in [1.165, 1.54) is 83.5 Å². The summed E-state index contributed by atoms with van der Waals surface area (Å²) in [7, 11) is -0.228. The maximum Gasteiger partial charge on any atom is 0.442 e. The number of rotatable bonds is 17. The molecular weight excluding hydrogens is 312 g/mol. The van der Waals surface area contributed by atoms with Gasteiger partial charge in [0.1, 0.15) is 0 Å². The standard InChI is InChI=1S/C18H35ClO2Si/c1-2-3-4-5-6-7-8-9-10-11-12-13-14-15-16-17-18(20)21-22-19/h2-17H2,1H3. The fourth-order valence-corrected chi connectivity index (χ4v) is 3.18. The molecule has 0 atom stereocenters. The van der Waals surface area contributed by atoms with Crippen molar-refractivity contribution in [2.45, 2.75) is 110 Å². The van der Waals surface area contributed by atoms with Crippen LogP contribution in [0.15, 0.2) is 0 Å². The van der Waals surface area contributed by atoms with Crippen molar-refractivity contribution >= 4 is 26.1 Å². The highest BCUT2D eigenvalue weighted by Crippen LogP contribution is 2.13. The fourth-order valence-electron chi connectivity index (χ4n) is 2.73. The maximum absolute atomic E-state index is 11.1. The molecule has 0 aliphatic heterocycles. The summed E-state index contributed by atoms with van der Waals surface area (Å²) in [6.07, 6.45) is 20.6. The lowest BCUT2D eigenvalue weighted by Crippen LogP contribution is -2.04. The monoisotopic (exact) mass is 346 g/mol. The summed E-state index contributed by atoms with van der Waals surface area (Å²) in [6, 6.07) is 0. The van der Waals surface area contributed by atoms with Gasteiger partial charge >= 0.3 is 9.07 Å². The van der Waals surface area contributed by atoms with E-state index in [0.29, 0.717) is 6.42 Å². The van der Waals surface area contributed by atoms with Crippen LogP contribution in [0.3, 0.4) is 0 Å². The Balaban J connectivity index is 3.01. The molecule has 4 heteroatoms. The summed E-state index contributed by atoms with van der Waals surface area (Å²) in [5.74, 6) is -0.150. The number of hydrogen-bond acceptors (Lipinski definition) is 2. The predicted octanol–water partition coefficient (Wildman–Crippen LogP) is 6.56. The largest absolute Gasteiger partial charge is 0.501 e. The van der Waals surface area contributed by atoms with Gasteiger partial charge < -0.3 is 4.43 Å². The zero-order valence-corrected chi connectivity index (χ0v) is 16.3. The lowest BCUT2D eigenvalue weighted by atomic mass is 10.0. The number of hydrogen-bond donors (Lipinski definition) is 0. The Hall–Kier alpha value is -0.0231. The predicted molar refractivity (Wildman–Crippen MR) is 97.2 cm³/mol. The molecule has 130 valence electrons. The SMILES string of the molecule is CCCCCCCCCCCCCCCCCC(=O)O[Si]Cl. The Bertz CT molecular complexity index is 237. The molecule has 0 bridgehead atoms. The minimum Gasteiger partial charge on any atom is -0.501 e. The van der Waals surface area contributed by atoms with Crippen molar-refractivity contribution in [3.8, 4) is 0 Å². The third-order valence-corrected chi connectivity index (χ3v) is 4.67. The quantitative estimate of drug-likeness (QED) is 0.169. The second-order valence-electron chi connectivity index (χ2n) is 6.25. The van der Waals surface area contributed by atoms with Crippen LogP contribution in [0.25, 0.3) is 0 Å². The van der Waals surface area contributed by atoms with E-state index in [0.717, 1.165) is 12.8 Å². The average molecular weight is 347 g/mol. The highest BCUT2D eigenvalue weighted by molar-refractivity contribution is 6.90. The van der Waals surface area contributed by atoms with Crippen LogP contribution in [0.1, 0.15) is 110 Å². The molecule has 0 saturated heterocycles. The first-order valence-electron chi connectivity index (χ1n) is 9.36. The van der Waals surface area contributed by atoms with E-state index in [2.05, 4.69) is 6.92 Å². The Morgan fingerprint density at radius 1 is 0.727 bits per heavy atom. The van der Waals surface area contributed by atoms with Crippen LogP contribution in [0.4, 0.5) is 0 Å². The van der Waals surface area contributed by atoms with Gasteiger partial charge in [0.2, 0.25) is 0 Å². The van der Waals surface area contributed by atoms with Crippen LogP contribution in [0.2, 0.25) is 0 Å². The molecule has 0 saturated carbocycles. The number of unbranched alkanes of at least 4 members (excludes halogenated alkanes) is 14. The molecule has 0 rings (SSSR count). The Morgan fingerprint density at radius 3 is 1.45 bits per heavy atom. The molecule has 0 heterocycles. The summed E-state index contributed by atoms with van der Waals surface area (Å²) >= 11 is 5.35. The molecule has 0 N–H and O–H groups in total. The third kappa shape index (κ3) is 18.0. The van der Waals surface area contributed by atoms with Gasteiger partial charge in [0.15, 0.2) is 0 Å². The maximum atomic E-state index is 11.1. The van der Waals surface area contributed by atoms with E-state index in [9.17, 15) is 4.79 Å². The lowest BCUT2D eigenvalue weighted by Gasteiger charge is -2.03. The van der Waals surface area contributed by atoms with E-state index in [1.54, 1.807) is 0 Å². The first kappa shape index (κ1) is 22.0. The van der Waals surface area contributed by atoms with Gasteiger partial charge in [-0.25, -0.2) is 0 Å². The van der Waals surface area contributed by atoms with E-state index in [4.69, 9.17) is 15.5 Å². The molecule has 0 aromatic carbocycles. The van der Waals surface area contributed by atoms with E-state index in [1.807, 2.05) is 0 Å². The molecule has 0 aromatic rings. The van der Waals surface area contributed by atoms with Gasteiger partial charge in [-0.1, -0.05) is 96.8 Å². The highest BCUT2D eigenvalue weighted by Gasteiger charge is 2.01. The lowest BCUT2D eigenvalue weighted by molar-refractivity contribution is -0.134. The summed E-state index contributed by atoms with van der Waals surface area (Å²) in [4.78, 5) is 11.1. The van der Waals surface area contributed by atoms with Crippen molar-refractivity contribution in [2.24, 2.45) is 0 Å². The first-order chi connectivity index (χ1) is 10.8. The summed E-state index contributed by atoms with van der Waals surface area (Å²) < 4.78 is 4.72. The topological polar surface area (TPSA) is 26.3 Å². The van der Waals surface area contributed by atoms with Crippen molar-refractivity contribution in [3.63, 3.8) is 0 Å². The molecule has 0 unspecified atom stereocenters. The van der Waals surface area contributed by atoms with Crippen molar-refractivity contribution < 1.29 is 9.22 Å². The van der Waals surface area contributed by atoms with E-state index in [-0.39, 0.29) is 15.0 Å². The molecule has 0 fully saturated rings. The Kier molecular flexibility index (Phi) is 19.0. The van der Waals surface area contributed by atoms with Crippen LogP contribution in [-0.4, -0.2) is 15.0 Å². The second kappa shape index (κ2) is 19.0. The zero-order chi connectivity index (χ0) is 16.3. The third-order valence-electron chi connectivity index (χ3n) is 4.14. The Labute approximate surface area is 145 Å². The summed E-state index contributed by atoms with van der Waals surface area (Å²) in [6.45, 7) is 2.27. The number of carbonyl (C=O) groups excluding carboxylic acids is 1. The second-order valence-corrected chi connectivity index (χ2v) is 7.07. The fraction of sp³-hybridized carbons (Fsp3) is 0.944. The summed E-state index contributed by atoms with van der Waals surface area (Å²) in [5, 5.41) is 0. The molecular formula is C18H35ClO2Si. The molecule has 2 radical (unpaired) electrons. The molecule has 22 heavy (non-hydrogen) atoms. The minimum atomic E-state index is -0.228. The first-order valence-corrected chi connectivity index (χ1v) is 11.3. The van der Waals surface area contributed by atoms with Crippen LogP contribution in [0, 0.1) is 0 Å².